The van der Waals surface area contributed by atoms with Gasteiger partial charge in [0.05, 0.1) is 0 Å². The Labute approximate surface area is 159 Å². The molecular weight excluding hydrogens is 342 g/mol. The maximum atomic E-state index is 12.3. The van der Waals surface area contributed by atoms with Gasteiger partial charge in [0.25, 0.3) is 0 Å². The molecule has 0 aliphatic carbocycles. The summed E-state index contributed by atoms with van der Waals surface area (Å²) in [7, 11) is 0. The van der Waals surface area contributed by atoms with Crippen LogP contribution in [0.25, 0.3) is 0 Å². The molecule has 0 unspecified atom stereocenters. The van der Waals surface area contributed by atoms with Crippen molar-refractivity contribution in [1.82, 2.24) is 0 Å². The van der Waals surface area contributed by atoms with E-state index in [1.54, 1.807) is 24.3 Å². The predicted octanol–water partition coefficient (Wildman–Crippen LogP) is 3.91. The molecule has 0 aliphatic rings. The van der Waals surface area contributed by atoms with E-state index in [9.17, 15) is 14.4 Å². The van der Waals surface area contributed by atoms with Crippen molar-refractivity contribution in [2.24, 2.45) is 0 Å². The lowest BCUT2D eigenvalue weighted by Gasteiger charge is -2.23. The molecule has 0 saturated carbocycles. The number of hydrogen-bond donors (Lipinski definition) is 3. The highest BCUT2D eigenvalue weighted by molar-refractivity contribution is 6.08. The summed E-state index contributed by atoms with van der Waals surface area (Å²) in [4.78, 5) is 35.6. The molecule has 0 saturated heterocycles. The fourth-order valence-electron chi connectivity index (χ4n) is 2.67. The highest BCUT2D eigenvalue weighted by atomic mass is 16.2. The molecule has 3 amide bonds. The molecule has 2 aromatic carbocycles. The first-order valence-corrected chi connectivity index (χ1v) is 8.72. The van der Waals surface area contributed by atoms with E-state index in [-0.39, 0.29) is 23.7 Å². The fraction of sp³-hybridized carbons (Fsp3) is 0.286. The second-order valence-electron chi connectivity index (χ2n) is 7.33. The third-order valence-corrected chi connectivity index (χ3v) is 3.80. The Hall–Kier alpha value is -3.15. The molecule has 0 atom stereocenters. The SMILES string of the molecule is CC(=O)Nc1cccc(NC(=O)CC(=O)Nc2ccccc2C(C)(C)C)c1. The molecule has 142 valence electrons. The summed E-state index contributed by atoms with van der Waals surface area (Å²) in [5, 5.41) is 8.12. The molecule has 6 nitrogen and oxygen atoms in total. The maximum Gasteiger partial charge on any atom is 0.233 e. The van der Waals surface area contributed by atoms with E-state index in [4.69, 9.17) is 0 Å². The van der Waals surface area contributed by atoms with Gasteiger partial charge in [0, 0.05) is 24.0 Å². The summed E-state index contributed by atoms with van der Waals surface area (Å²) in [6.07, 6.45) is -0.303. The second kappa shape index (κ2) is 8.49. The Morgan fingerprint density at radius 3 is 2.04 bits per heavy atom. The van der Waals surface area contributed by atoms with Gasteiger partial charge in [0.2, 0.25) is 17.7 Å². The molecule has 0 aliphatic heterocycles. The second-order valence-corrected chi connectivity index (χ2v) is 7.33. The van der Waals surface area contributed by atoms with Crippen molar-refractivity contribution in [3.8, 4) is 0 Å². The summed E-state index contributed by atoms with van der Waals surface area (Å²) in [6, 6.07) is 14.3. The van der Waals surface area contributed by atoms with Crippen LogP contribution >= 0.6 is 0 Å². The molecule has 0 bridgehead atoms. The number of benzene rings is 2. The van der Waals surface area contributed by atoms with Crippen LogP contribution in [0.4, 0.5) is 17.1 Å². The Bertz CT molecular complexity index is 854. The first kappa shape index (κ1) is 20.2. The standard InChI is InChI=1S/C21H25N3O3/c1-14(25)22-15-8-7-9-16(12-15)23-19(26)13-20(27)24-18-11-6-5-10-17(18)21(2,3)4/h5-12H,13H2,1-4H3,(H,22,25)(H,23,26)(H,24,27). The van der Waals surface area contributed by atoms with Crippen LogP contribution < -0.4 is 16.0 Å². The lowest BCUT2D eigenvalue weighted by Crippen LogP contribution is -2.23. The fourth-order valence-corrected chi connectivity index (χ4v) is 2.67. The van der Waals surface area contributed by atoms with E-state index in [0.717, 1.165) is 5.56 Å². The molecule has 0 spiro atoms. The van der Waals surface area contributed by atoms with Crippen LogP contribution in [0, 0.1) is 0 Å². The number of anilines is 3. The molecule has 0 aromatic heterocycles. The zero-order chi connectivity index (χ0) is 20.0. The van der Waals surface area contributed by atoms with Crippen molar-refractivity contribution in [2.45, 2.75) is 39.5 Å². The van der Waals surface area contributed by atoms with Gasteiger partial charge in [-0.2, -0.15) is 0 Å². The molecule has 27 heavy (non-hydrogen) atoms. The largest absolute Gasteiger partial charge is 0.326 e. The van der Waals surface area contributed by atoms with Gasteiger partial charge in [-0.25, -0.2) is 0 Å². The zero-order valence-corrected chi connectivity index (χ0v) is 16.1. The summed E-state index contributed by atoms with van der Waals surface area (Å²) in [5.74, 6) is -1.02. The first-order chi connectivity index (χ1) is 12.6. The Morgan fingerprint density at radius 1 is 0.815 bits per heavy atom. The van der Waals surface area contributed by atoms with Gasteiger partial charge in [-0.05, 0) is 35.2 Å². The highest BCUT2D eigenvalue weighted by Crippen LogP contribution is 2.29. The van der Waals surface area contributed by atoms with Gasteiger partial charge in [0.1, 0.15) is 6.42 Å². The van der Waals surface area contributed by atoms with Crippen molar-refractivity contribution in [3.05, 3.63) is 54.1 Å². The minimum absolute atomic E-state index is 0.129. The van der Waals surface area contributed by atoms with Gasteiger partial charge in [-0.3, -0.25) is 14.4 Å². The summed E-state index contributed by atoms with van der Waals surface area (Å²) < 4.78 is 0. The topological polar surface area (TPSA) is 87.3 Å². The third-order valence-electron chi connectivity index (χ3n) is 3.80. The predicted molar refractivity (Wildman–Crippen MR) is 108 cm³/mol. The van der Waals surface area contributed by atoms with Gasteiger partial charge in [-0.1, -0.05) is 45.0 Å². The molecule has 6 heteroatoms. The number of hydrogen-bond acceptors (Lipinski definition) is 3. The third kappa shape index (κ3) is 6.26. The Balaban J connectivity index is 1.99. The van der Waals surface area contributed by atoms with E-state index >= 15 is 0 Å². The molecule has 0 radical (unpaired) electrons. The summed E-state index contributed by atoms with van der Waals surface area (Å²) in [6.45, 7) is 7.59. The average Bonchev–Trinajstić information content (AvgIpc) is 2.53. The number of rotatable bonds is 5. The van der Waals surface area contributed by atoms with Gasteiger partial charge in [-0.15, -0.1) is 0 Å². The van der Waals surface area contributed by atoms with Crippen LogP contribution in [0.1, 0.15) is 39.7 Å². The van der Waals surface area contributed by atoms with Crippen molar-refractivity contribution < 1.29 is 14.4 Å². The Morgan fingerprint density at radius 2 is 1.41 bits per heavy atom. The summed E-state index contributed by atoms with van der Waals surface area (Å²) >= 11 is 0. The monoisotopic (exact) mass is 367 g/mol. The average molecular weight is 367 g/mol. The first-order valence-electron chi connectivity index (χ1n) is 8.72. The quantitative estimate of drug-likeness (QED) is 0.700. The molecule has 2 rings (SSSR count). The smallest absolute Gasteiger partial charge is 0.233 e. The molecule has 2 aromatic rings. The highest BCUT2D eigenvalue weighted by Gasteiger charge is 2.19. The molecule has 0 heterocycles. The maximum absolute atomic E-state index is 12.3. The van der Waals surface area contributed by atoms with Gasteiger partial charge >= 0.3 is 0 Å². The van der Waals surface area contributed by atoms with E-state index in [1.807, 2.05) is 24.3 Å². The number of carbonyl (C=O) groups is 3. The van der Waals surface area contributed by atoms with Gasteiger partial charge in [0.15, 0.2) is 0 Å². The minimum atomic E-state index is -0.430. The number of para-hydroxylation sites is 1. The van der Waals surface area contributed by atoms with E-state index < -0.39 is 5.91 Å². The van der Waals surface area contributed by atoms with Crippen LogP contribution in [0.5, 0.6) is 0 Å². The van der Waals surface area contributed by atoms with E-state index in [2.05, 4.69) is 36.7 Å². The number of amides is 3. The van der Waals surface area contributed by atoms with Crippen molar-refractivity contribution in [3.63, 3.8) is 0 Å². The lowest BCUT2D eigenvalue weighted by atomic mass is 9.86. The van der Waals surface area contributed by atoms with Crippen molar-refractivity contribution in [1.29, 1.82) is 0 Å². The molecule has 3 N–H and O–H groups in total. The lowest BCUT2D eigenvalue weighted by molar-refractivity contribution is -0.123. The Kier molecular flexibility index (Phi) is 6.34. The minimum Gasteiger partial charge on any atom is -0.326 e. The van der Waals surface area contributed by atoms with Crippen LogP contribution in [0.3, 0.4) is 0 Å². The normalized spacial score (nSPS) is 10.8. The summed E-state index contributed by atoms with van der Waals surface area (Å²) in [5.41, 5.74) is 2.66. The van der Waals surface area contributed by atoms with Crippen molar-refractivity contribution in [2.75, 3.05) is 16.0 Å². The number of nitrogens with one attached hydrogen (secondary N) is 3. The number of carbonyl (C=O) groups excluding carboxylic acids is 3. The van der Waals surface area contributed by atoms with Crippen LogP contribution in [0.15, 0.2) is 48.5 Å². The van der Waals surface area contributed by atoms with Crippen LogP contribution in [0.2, 0.25) is 0 Å². The molecular formula is C21H25N3O3. The van der Waals surface area contributed by atoms with Crippen molar-refractivity contribution >= 4 is 34.8 Å². The van der Waals surface area contributed by atoms with E-state index in [0.29, 0.717) is 17.1 Å². The van der Waals surface area contributed by atoms with Crippen LogP contribution in [-0.2, 0) is 19.8 Å². The molecule has 0 fully saturated rings. The van der Waals surface area contributed by atoms with Gasteiger partial charge < -0.3 is 16.0 Å². The van der Waals surface area contributed by atoms with E-state index in [1.165, 1.54) is 6.92 Å². The van der Waals surface area contributed by atoms with Crippen LogP contribution in [-0.4, -0.2) is 17.7 Å². The zero-order valence-electron chi connectivity index (χ0n) is 16.1.